The van der Waals surface area contributed by atoms with Crippen LogP contribution in [0.5, 0.6) is 0 Å². The molecule has 0 aromatic carbocycles. The van der Waals surface area contributed by atoms with Crippen LogP contribution < -0.4 is 0 Å². The van der Waals surface area contributed by atoms with Crippen LogP contribution in [0.4, 0.5) is 0 Å². The average molecular weight is 207 g/mol. The lowest BCUT2D eigenvalue weighted by atomic mass is 10.1. The SMILES string of the molecule is CCCCCCC[C@@H](Cl)CC(=O)O. The summed E-state index contributed by atoms with van der Waals surface area (Å²) >= 11 is 5.81. The van der Waals surface area contributed by atoms with E-state index in [2.05, 4.69) is 6.92 Å². The van der Waals surface area contributed by atoms with Gasteiger partial charge in [-0.15, -0.1) is 11.6 Å². The first-order valence-corrected chi connectivity index (χ1v) is 5.46. The summed E-state index contributed by atoms with van der Waals surface area (Å²) in [6.45, 7) is 2.18. The van der Waals surface area contributed by atoms with Crippen LogP contribution in [-0.4, -0.2) is 16.5 Å². The standard InChI is InChI=1S/C10H19ClO2/c1-2-3-4-5-6-7-9(11)8-10(12)13/h9H,2-8H2,1H3,(H,12,13)/t9-/m1/s1. The Kier molecular flexibility index (Phi) is 8.21. The second-order valence-electron chi connectivity index (χ2n) is 3.40. The molecule has 78 valence electrons. The summed E-state index contributed by atoms with van der Waals surface area (Å²) in [6, 6.07) is 0. The average Bonchev–Trinajstić information content (AvgIpc) is 2.02. The highest BCUT2D eigenvalue weighted by molar-refractivity contribution is 6.21. The smallest absolute Gasteiger partial charge is 0.304 e. The second-order valence-corrected chi connectivity index (χ2v) is 4.02. The normalized spacial score (nSPS) is 12.8. The van der Waals surface area contributed by atoms with E-state index >= 15 is 0 Å². The maximum atomic E-state index is 10.3. The van der Waals surface area contributed by atoms with E-state index in [1.165, 1.54) is 25.7 Å². The highest BCUT2D eigenvalue weighted by Crippen LogP contribution is 2.13. The molecule has 0 spiro atoms. The minimum atomic E-state index is -0.798. The number of halogens is 1. The van der Waals surface area contributed by atoms with Crippen LogP contribution in [0.15, 0.2) is 0 Å². The lowest BCUT2D eigenvalue weighted by molar-refractivity contribution is -0.137. The maximum absolute atomic E-state index is 10.3. The number of aliphatic carboxylic acids is 1. The van der Waals surface area contributed by atoms with Gasteiger partial charge in [-0.2, -0.15) is 0 Å². The van der Waals surface area contributed by atoms with Crippen molar-refractivity contribution in [2.24, 2.45) is 0 Å². The summed E-state index contributed by atoms with van der Waals surface area (Å²) in [5.74, 6) is -0.798. The number of rotatable bonds is 8. The third kappa shape index (κ3) is 9.68. The molecule has 0 saturated carbocycles. The van der Waals surface area contributed by atoms with Crippen molar-refractivity contribution in [2.45, 2.75) is 57.2 Å². The molecule has 0 fully saturated rings. The van der Waals surface area contributed by atoms with Crippen molar-refractivity contribution in [3.05, 3.63) is 0 Å². The fourth-order valence-corrected chi connectivity index (χ4v) is 1.55. The number of carbonyl (C=O) groups is 1. The molecule has 2 nitrogen and oxygen atoms in total. The first-order valence-electron chi connectivity index (χ1n) is 5.02. The number of hydrogen-bond acceptors (Lipinski definition) is 1. The van der Waals surface area contributed by atoms with Crippen molar-refractivity contribution in [3.63, 3.8) is 0 Å². The molecule has 0 aromatic heterocycles. The molecule has 0 aliphatic heterocycles. The van der Waals surface area contributed by atoms with Crippen molar-refractivity contribution in [1.82, 2.24) is 0 Å². The quantitative estimate of drug-likeness (QED) is 0.488. The van der Waals surface area contributed by atoms with E-state index in [4.69, 9.17) is 16.7 Å². The van der Waals surface area contributed by atoms with Crippen molar-refractivity contribution in [1.29, 1.82) is 0 Å². The van der Waals surface area contributed by atoms with Gasteiger partial charge in [0.05, 0.1) is 6.42 Å². The van der Waals surface area contributed by atoms with Gasteiger partial charge in [-0.3, -0.25) is 4.79 Å². The van der Waals surface area contributed by atoms with Gasteiger partial charge in [0.15, 0.2) is 0 Å². The Hall–Kier alpha value is -0.240. The summed E-state index contributed by atoms with van der Waals surface area (Å²) in [4.78, 5) is 10.3. The minimum absolute atomic E-state index is 0.0926. The zero-order chi connectivity index (χ0) is 10.1. The molecule has 0 bridgehead atoms. The molecule has 0 amide bonds. The van der Waals surface area contributed by atoms with E-state index in [0.29, 0.717) is 0 Å². The van der Waals surface area contributed by atoms with Crippen LogP contribution in [0.2, 0.25) is 0 Å². The molecular weight excluding hydrogens is 188 g/mol. The molecule has 0 aliphatic carbocycles. The van der Waals surface area contributed by atoms with E-state index < -0.39 is 5.97 Å². The Bertz CT molecular complexity index is 137. The number of carboxylic acid groups (broad SMARTS) is 1. The molecule has 0 aliphatic rings. The fourth-order valence-electron chi connectivity index (χ4n) is 1.26. The molecule has 0 radical (unpaired) electrons. The van der Waals surface area contributed by atoms with Gasteiger partial charge in [0.1, 0.15) is 0 Å². The zero-order valence-corrected chi connectivity index (χ0v) is 9.02. The molecule has 13 heavy (non-hydrogen) atoms. The van der Waals surface area contributed by atoms with Crippen LogP contribution in [0.1, 0.15) is 51.9 Å². The van der Waals surface area contributed by atoms with Crippen LogP contribution >= 0.6 is 11.6 Å². The van der Waals surface area contributed by atoms with Crippen molar-refractivity contribution in [3.8, 4) is 0 Å². The number of alkyl halides is 1. The van der Waals surface area contributed by atoms with Gasteiger partial charge < -0.3 is 5.11 Å². The van der Waals surface area contributed by atoms with Crippen molar-refractivity contribution in [2.75, 3.05) is 0 Å². The predicted octanol–water partition coefficient (Wildman–Crippen LogP) is 3.43. The Morgan fingerprint density at radius 1 is 1.31 bits per heavy atom. The molecule has 3 heteroatoms. The first-order chi connectivity index (χ1) is 6.16. The van der Waals surface area contributed by atoms with Gasteiger partial charge in [0, 0.05) is 5.38 Å². The lowest BCUT2D eigenvalue weighted by Gasteiger charge is -2.05. The Morgan fingerprint density at radius 2 is 1.92 bits per heavy atom. The van der Waals surface area contributed by atoms with Crippen molar-refractivity contribution < 1.29 is 9.90 Å². The number of hydrogen-bond donors (Lipinski definition) is 1. The van der Waals surface area contributed by atoms with Gasteiger partial charge >= 0.3 is 5.97 Å². The molecular formula is C10H19ClO2. The molecule has 0 rings (SSSR count). The van der Waals surface area contributed by atoms with Gasteiger partial charge in [-0.05, 0) is 6.42 Å². The predicted molar refractivity (Wildman–Crippen MR) is 55.3 cm³/mol. The molecule has 0 heterocycles. The molecule has 0 saturated heterocycles. The van der Waals surface area contributed by atoms with Crippen molar-refractivity contribution >= 4 is 17.6 Å². The Morgan fingerprint density at radius 3 is 2.46 bits per heavy atom. The van der Waals surface area contributed by atoms with Gasteiger partial charge in [-0.1, -0.05) is 39.0 Å². The summed E-state index contributed by atoms with van der Waals surface area (Å²) in [6.07, 6.45) is 6.91. The summed E-state index contributed by atoms with van der Waals surface area (Å²) < 4.78 is 0. The minimum Gasteiger partial charge on any atom is -0.481 e. The monoisotopic (exact) mass is 206 g/mol. The fraction of sp³-hybridized carbons (Fsp3) is 0.900. The third-order valence-corrected chi connectivity index (χ3v) is 2.39. The van der Waals surface area contributed by atoms with Gasteiger partial charge in [0.25, 0.3) is 0 Å². The highest BCUT2D eigenvalue weighted by Gasteiger charge is 2.08. The van der Waals surface area contributed by atoms with E-state index in [1.54, 1.807) is 0 Å². The summed E-state index contributed by atoms with van der Waals surface area (Å²) in [7, 11) is 0. The van der Waals surface area contributed by atoms with Crippen LogP contribution in [0, 0.1) is 0 Å². The summed E-state index contributed by atoms with van der Waals surface area (Å²) in [5.41, 5.74) is 0. The van der Waals surface area contributed by atoms with Crippen LogP contribution in [0.3, 0.4) is 0 Å². The topological polar surface area (TPSA) is 37.3 Å². The molecule has 0 aromatic rings. The first kappa shape index (κ1) is 12.8. The largest absolute Gasteiger partial charge is 0.481 e. The summed E-state index contributed by atoms with van der Waals surface area (Å²) in [5, 5.41) is 8.26. The lowest BCUT2D eigenvalue weighted by Crippen LogP contribution is -2.06. The molecule has 0 unspecified atom stereocenters. The van der Waals surface area contributed by atoms with E-state index in [1.807, 2.05) is 0 Å². The van der Waals surface area contributed by atoms with Crippen LogP contribution in [0.25, 0.3) is 0 Å². The molecule has 1 N–H and O–H groups in total. The third-order valence-electron chi connectivity index (χ3n) is 2.02. The highest BCUT2D eigenvalue weighted by atomic mass is 35.5. The van der Waals surface area contributed by atoms with E-state index in [0.717, 1.165) is 12.8 Å². The Labute approximate surface area is 85.3 Å². The molecule has 1 atom stereocenters. The number of carboxylic acids is 1. The second kappa shape index (κ2) is 8.36. The zero-order valence-electron chi connectivity index (χ0n) is 8.26. The van der Waals surface area contributed by atoms with Gasteiger partial charge in [-0.25, -0.2) is 0 Å². The van der Waals surface area contributed by atoms with E-state index in [9.17, 15) is 4.79 Å². The number of unbranched alkanes of at least 4 members (excludes halogenated alkanes) is 4. The van der Waals surface area contributed by atoms with Crippen LogP contribution in [-0.2, 0) is 4.79 Å². The Balaban J connectivity index is 3.17. The maximum Gasteiger partial charge on any atom is 0.304 e. The van der Waals surface area contributed by atoms with Gasteiger partial charge in [0.2, 0.25) is 0 Å². The van der Waals surface area contributed by atoms with E-state index in [-0.39, 0.29) is 11.8 Å².